The fourth-order valence-electron chi connectivity index (χ4n) is 2.48. The summed E-state index contributed by atoms with van der Waals surface area (Å²) < 4.78 is 5.54. The van der Waals surface area contributed by atoms with E-state index in [0.29, 0.717) is 23.5 Å². The van der Waals surface area contributed by atoms with Crippen molar-refractivity contribution in [1.29, 1.82) is 0 Å². The molecule has 2 N–H and O–H groups in total. The van der Waals surface area contributed by atoms with Crippen LogP contribution >= 0.6 is 0 Å². The van der Waals surface area contributed by atoms with Crippen molar-refractivity contribution in [1.82, 2.24) is 0 Å². The molecule has 0 aliphatic rings. The Morgan fingerprint density at radius 3 is 1.85 bits per heavy atom. The maximum absolute atomic E-state index is 12.1. The molecule has 0 spiro atoms. The molecule has 2 aromatic rings. The fourth-order valence-corrected chi connectivity index (χ4v) is 2.48. The minimum Gasteiger partial charge on any atom is -0.484 e. The minimum atomic E-state index is -0.238. The molecule has 2 amide bonds. The van der Waals surface area contributed by atoms with Crippen molar-refractivity contribution in [3.05, 3.63) is 54.1 Å². The van der Waals surface area contributed by atoms with Gasteiger partial charge >= 0.3 is 0 Å². The number of anilines is 2. The summed E-state index contributed by atoms with van der Waals surface area (Å²) in [7, 11) is 0. The van der Waals surface area contributed by atoms with Gasteiger partial charge in [0, 0.05) is 17.8 Å². The second kappa shape index (κ2) is 9.21. The topological polar surface area (TPSA) is 67.4 Å². The molecule has 0 radical (unpaired) electrons. The number of ether oxygens (including phenoxy) is 1. The quantitative estimate of drug-likeness (QED) is 0.742. The predicted octanol–water partition coefficient (Wildman–Crippen LogP) is 4.74. The van der Waals surface area contributed by atoms with Crippen LogP contribution in [0.2, 0.25) is 0 Å². The van der Waals surface area contributed by atoms with Crippen LogP contribution in [0.5, 0.6) is 5.75 Å². The van der Waals surface area contributed by atoms with Gasteiger partial charge in [0.2, 0.25) is 5.91 Å². The standard InChI is InChI=1S/C22H28N2O3/c1-5-6-20(25)23-17-9-11-18(12-10-17)24-21(26)15-27-19-13-7-16(8-14-19)22(2,3)4/h7-14H,5-6,15H2,1-4H3,(H,23,25)(H,24,26). The Hall–Kier alpha value is -2.82. The lowest BCUT2D eigenvalue weighted by Gasteiger charge is -2.19. The first-order valence-corrected chi connectivity index (χ1v) is 9.21. The molecule has 27 heavy (non-hydrogen) atoms. The molecule has 0 saturated carbocycles. The van der Waals surface area contributed by atoms with Crippen LogP contribution in [-0.2, 0) is 15.0 Å². The van der Waals surface area contributed by atoms with Gasteiger partial charge < -0.3 is 15.4 Å². The lowest BCUT2D eigenvalue weighted by atomic mass is 9.87. The third-order valence-electron chi connectivity index (χ3n) is 4.02. The van der Waals surface area contributed by atoms with Crippen molar-refractivity contribution < 1.29 is 14.3 Å². The monoisotopic (exact) mass is 368 g/mol. The van der Waals surface area contributed by atoms with Crippen LogP contribution in [-0.4, -0.2) is 18.4 Å². The molecule has 0 aliphatic heterocycles. The van der Waals surface area contributed by atoms with Crippen molar-refractivity contribution in [2.75, 3.05) is 17.2 Å². The van der Waals surface area contributed by atoms with Gasteiger partial charge in [0.1, 0.15) is 5.75 Å². The highest BCUT2D eigenvalue weighted by Crippen LogP contribution is 2.24. The van der Waals surface area contributed by atoms with Gasteiger partial charge in [-0.05, 0) is 53.8 Å². The fraction of sp³-hybridized carbons (Fsp3) is 0.364. The van der Waals surface area contributed by atoms with E-state index < -0.39 is 0 Å². The zero-order chi connectivity index (χ0) is 19.9. The van der Waals surface area contributed by atoms with Gasteiger partial charge in [-0.25, -0.2) is 0 Å². The van der Waals surface area contributed by atoms with E-state index in [4.69, 9.17) is 4.74 Å². The number of benzene rings is 2. The Bertz CT molecular complexity index is 760. The summed E-state index contributed by atoms with van der Waals surface area (Å²) in [6.45, 7) is 8.34. The predicted molar refractivity (Wildman–Crippen MR) is 109 cm³/mol. The van der Waals surface area contributed by atoms with Crippen molar-refractivity contribution in [2.24, 2.45) is 0 Å². The summed E-state index contributed by atoms with van der Waals surface area (Å²) in [5.41, 5.74) is 2.66. The van der Waals surface area contributed by atoms with Gasteiger partial charge in [-0.1, -0.05) is 39.8 Å². The molecule has 0 unspecified atom stereocenters. The Morgan fingerprint density at radius 2 is 1.37 bits per heavy atom. The molecule has 144 valence electrons. The minimum absolute atomic E-state index is 0.0137. The van der Waals surface area contributed by atoms with E-state index in [1.54, 1.807) is 24.3 Å². The number of nitrogens with one attached hydrogen (secondary N) is 2. The number of hydrogen-bond acceptors (Lipinski definition) is 3. The zero-order valence-corrected chi connectivity index (χ0v) is 16.5. The van der Waals surface area contributed by atoms with Gasteiger partial charge in [-0.2, -0.15) is 0 Å². The molecule has 0 aliphatic carbocycles. The first-order chi connectivity index (χ1) is 12.8. The molecule has 0 saturated heterocycles. The largest absolute Gasteiger partial charge is 0.484 e. The highest BCUT2D eigenvalue weighted by atomic mass is 16.5. The summed E-state index contributed by atoms with van der Waals surface area (Å²) in [6, 6.07) is 14.8. The summed E-state index contributed by atoms with van der Waals surface area (Å²) >= 11 is 0. The van der Waals surface area contributed by atoms with Crippen LogP contribution < -0.4 is 15.4 Å². The average Bonchev–Trinajstić information content (AvgIpc) is 2.61. The van der Waals surface area contributed by atoms with Crippen LogP contribution in [0.1, 0.15) is 46.1 Å². The molecule has 0 fully saturated rings. The molecule has 0 heterocycles. The van der Waals surface area contributed by atoms with E-state index in [-0.39, 0.29) is 23.8 Å². The average molecular weight is 368 g/mol. The second-order valence-corrected chi connectivity index (χ2v) is 7.49. The second-order valence-electron chi connectivity index (χ2n) is 7.49. The highest BCUT2D eigenvalue weighted by Gasteiger charge is 2.13. The molecular formula is C22H28N2O3. The van der Waals surface area contributed by atoms with E-state index in [9.17, 15) is 9.59 Å². The van der Waals surface area contributed by atoms with Crippen molar-refractivity contribution in [3.8, 4) is 5.75 Å². The van der Waals surface area contributed by atoms with Crippen LogP contribution in [0.4, 0.5) is 11.4 Å². The maximum Gasteiger partial charge on any atom is 0.262 e. The smallest absolute Gasteiger partial charge is 0.262 e. The van der Waals surface area contributed by atoms with Gasteiger partial charge in [0.25, 0.3) is 5.91 Å². The zero-order valence-electron chi connectivity index (χ0n) is 16.5. The first-order valence-electron chi connectivity index (χ1n) is 9.21. The SMILES string of the molecule is CCCC(=O)Nc1ccc(NC(=O)COc2ccc(C(C)(C)C)cc2)cc1. The van der Waals surface area contributed by atoms with Crippen LogP contribution in [0.15, 0.2) is 48.5 Å². The Morgan fingerprint density at radius 1 is 0.852 bits per heavy atom. The maximum atomic E-state index is 12.1. The van der Waals surface area contributed by atoms with Crippen LogP contribution in [0, 0.1) is 0 Å². The molecule has 5 heteroatoms. The van der Waals surface area contributed by atoms with Crippen molar-refractivity contribution >= 4 is 23.2 Å². The number of carbonyl (C=O) groups is 2. The number of carbonyl (C=O) groups excluding carboxylic acids is 2. The molecule has 5 nitrogen and oxygen atoms in total. The Labute approximate surface area is 161 Å². The van der Waals surface area contributed by atoms with Crippen molar-refractivity contribution in [2.45, 2.75) is 46.0 Å². The van der Waals surface area contributed by atoms with E-state index >= 15 is 0 Å². The number of rotatable bonds is 7. The molecule has 0 aromatic heterocycles. The number of hydrogen-bond donors (Lipinski definition) is 2. The van der Waals surface area contributed by atoms with E-state index in [1.165, 1.54) is 5.56 Å². The normalized spacial score (nSPS) is 11.0. The van der Waals surface area contributed by atoms with E-state index in [1.807, 2.05) is 31.2 Å². The Kier molecular flexibility index (Phi) is 6.99. The first kappa shape index (κ1) is 20.5. The van der Waals surface area contributed by atoms with Crippen LogP contribution in [0.25, 0.3) is 0 Å². The summed E-state index contributed by atoms with van der Waals surface area (Å²) in [6.07, 6.45) is 1.30. The van der Waals surface area contributed by atoms with Gasteiger partial charge in [0.15, 0.2) is 6.61 Å². The molecule has 2 aromatic carbocycles. The number of amides is 2. The molecular weight excluding hydrogens is 340 g/mol. The Balaban J connectivity index is 1.82. The van der Waals surface area contributed by atoms with Gasteiger partial charge in [-0.15, -0.1) is 0 Å². The summed E-state index contributed by atoms with van der Waals surface area (Å²) in [5, 5.41) is 5.59. The highest BCUT2D eigenvalue weighted by molar-refractivity contribution is 5.93. The van der Waals surface area contributed by atoms with E-state index in [0.717, 1.165) is 6.42 Å². The lowest BCUT2D eigenvalue weighted by molar-refractivity contribution is -0.118. The third-order valence-corrected chi connectivity index (χ3v) is 4.02. The molecule has 0 bridgehead atoms. The third kappa shape index (κ3) is 6.77. The molecule has 0 atom stereocenters. The van der Waals surface area contributed by atoms with E-state index in [2.05, 4.69) is 31.4 Å². The summed E-state index contributed by atoms with van der Waals surface area (Å²) in [5.74, 6) is 0.407. The van der Waals surface area contributed by atoms with Crippen LogP contribution in [0.3, 0.4) is 0 Å². The van der Waals surface area contributed by atoms with Gasteiger partial charge in [-0.3, -0.25) is 9.59 Å². The molecule has 2 rings (SSSR count). The lowest BCUT2D eigenvalue weighted by Crippen LogP contribution is -2.20. The van der Waals surface area contributed by atoms with Gasteiger partial charge in [0.05, 0.1) is 0 Å². The van der Waals surface area contributed by atoms with Crippen molar-refractivity contribution in [3.63, 3.8) is 0 Å². The summed E-state index contributed by atoms with van der Waals surface area (Å²) in [4.78, 5) is 23.6.